The molecule has 9 atom stereocenters. The Hall–Kier alpha value is -4.66. The number of benzene rings is 3. The first-order chi connectivity index (χ1) is 29.1. The summed E-state index contributed by atoms with van der Waals surface area (Å²) in [5, 5.41) is 53.3. The number of nitrogens with one attached hydrogen (secondary N) is 2. The van der Waals surface area contributed by atoms with Gasteiger partial charge in [0.05, 0.1) is 25.1 Å². The Labute approximate surface area is 354 Å². The minimum absolute atomic E-state index is 0.0116. The van der Waals surface area contributed by atoms with E-state index in [-0.39, 0.29) is 42.4 Å². The number of nitrogens with two attached hydrogens (primary N) is 1. The van der Waals surface area contributed by atoms with Crippen LogP contribution >= 0.6 is 0 Å². The van der Waals surface area contributed by atoms with Crippen LogP contribution in [0.1, 0.15) is 106 Å². The second-order valence-corrected chi connectivity index (χ2v) is 17.6. The number of phenols is 1. The van der Waals surface area contributed by atoms with Gasteiger partial charge in [0, 0.05) is 50.3 Å². The maximum atomic E-state index is 13.8. The quantitative estimate of drug-likeness (QED) is 0.0814. The molecule has 0 aromatic heterocycles. The molecule has 2 aliphatic carbocycles. The lowest BCUT2D eigenvalue weighted by Gasteiger charge is -2.42. The van der Waals surface area contributed by atoms with Crippen LogP contribution in [0.5, 0.6) is 11.5 Å². The van der Waals surface area contributed by atoms with Crippen LogP contribution in [0.4, 0.5) is 0 Å². The molecule has 7 rings (SSSR count). The lowest BCUT2D eigenvalue weighted by Crippen LogP contribution is -2.50. The van der Waals surface area contributed by atoms with Crippen LogP contribution in [-0.2, 0) is 16.0 Å². The zero-order valence-electron chi connectivity index (χ0n) is 35.0. The van der Waals surface area contributed by atoms with Crippen LogP contribution in [0.2, 0.25) is 0 Å². The molecule has 0 bridgehead atoms. The molecular formula is C50H63N3O7. The third kappa shape index (κ3) is 10.6. The number of dihydropyridines is 1. The lowest BCUT2D eigenvalue weighted by molar-refractivity contribution is -0.124. The number of Topliss-reactive ketones (excluding diaryl/α,β-unsaturated/α-hetero) is 2. The van der Waals surface area contributed by atoms with Gasteiger partial charge in [0.15, 0.2) is 17.3 Å². The number of piperidine rings is 1. The van der Waals surface area contributed by atoms with E-state index in [9.17, 15) is 30.0 Å². The van der Waals surface area contributed by atoms with Crippen molar-refractivity contribution >= 4 is 22.3 Å². The van der Waals surface area contributed by atoms with Gasteiger partial charge < -0.3 is 41.5 Å². The molecule has 1 saturated carbocycles. The van der Waals surface area contributed by atoms with E-state index in [4.69, 9.17) is 10.5 Å². The molecule has 60 heavy (non-hydrogen) atoms. The van der Waals surface area contributed by atoms with Crippen molar-refractivity contribution < 1.29 is 34.8 Å². The van der Waals surface area contributed by atoms with Crippen LogP contribution in [0.3, 0.4) is 0 Å². The number of ether oxygens (including phenoxy) is 1. The molecule has 10 heteroatoms. The van der Waals surface area contributed by atoms with Crippen LogP contribution in [0.25, 0.3) is 10.8 Å². The average Bonchev–Trinajstić information content (AvgIpc) is 3.31. The van der Waals surface area contributed by atoms with E-state index in [0.717, 1.165) is 58.8 Å². The van der Waals surface area contributed by atoms with Gasteiger partial charge in [-0.15, -0.1) is 0 Å². The molecule has 4 aliphatic rings. The summed E-state index contributed by atoms with van der Waals surface area (Å²) in [5.74, 6) is 7.50. The Kier molecular flexibility index (Phi) is 14.7. The van der Waals surface area contributed by atoms with Gasteiger partial charge in [0.1, 0.15) is 11.7 Å². The number of fused-ring (bicyclic) bond motifs is 3. The largest absolute Gasteiger partial charge is 0.504 e. The lowest BCUT2D eigenvalue weighted by atomic mass is 9.71. The van der Waals surface area contributed by atoms with Crippen molar-refractivity contribution in [2.75, 3.05) is 26.8 Å². The third-order valence-electron chi connectivity index (χ3n) is 13.7. The molecule has 0 radical (unpaired) electrons. The maximum Gasteiger partial charge on any atom is 0.160 e. The summed E-state index contributed by atoms with van der Waals surface area (Å²) in [6.45, 7) is 1.54. The summed E-state index contributed by atoms with van der Waals surface area (Å²) in [7, 11) is 1.50. The zero-order valence-corrected chi connectivity index (χ0v) is 35.0. The number of aromatic hydroxyl groups is 1. The fourth-order valence-electron chi connectivity index (χ4n) is 10.3. The molecule has 3 aromatic carbocycles. The van der Waals surface area contributed by atoms with Gasteiger partial charge in [-0.2, -0.15) is 0 Å². The van der Waals surface area contributed by atoms with Gasteiger partial charge in [0.2, 0.25) is 0 Å². The average molecular weight is 818 g/mol. The smallest absolute Gasteiger partial charge is 0.160 e. The Balaban J connectivity index is 1.06. The molecule has 10 nitrogen and oxygen atoms in total. The normalized spacial score (nSPS) is 25.0. The fraction of sp³-hybridized carbons (Fsp3) is 0.520. The molecule has 2 heterocycles. The standard InChI is InChI=1S/C50H63N3O7/c1-60-49-25-36-14-18-47(58)42(46(57)8-4-7-32(20-22-54)39-24-38-12-16-41(56)28-45(38)53-30-39)17-13-33(44(36)29-48(49)59)11-15-40(55)27-43(37-19-21-52-50(51)26-37)35-10-9-31-5-2-3-6-34(31)23-35/h2-3,5-6,9-10,19,23,25-26,29,32-33,38-40,42-43,45-46,52-55,57,59H,4,7-8,11-12,14-16,18,20-22,24,27-28,30,51H2,1H3. The summed E-state index contributed by atoms with van der Waals surface area (Å²) < 4.78 is 5.46. The van der Waals surface area contributed by atoms with Gasteiger partial charge in [-0.1, -0.05) is 66.8 Å². The van der Waals surface area contributed by atoms with Gasteiger partial charge >= 0.3 is 0 Å². The van der Waals surface area contributed by atoms with Crippen molar-refractivity contribution in [1.82, 2.24) is 10.6 Å². The summed E-state index contributed by atoms with van der Waals surface area (Å²) in [6.07, 6.45) is 10.2. The molecular weight excluding hydrogens is 755 g/mol. The van der Waals surface area contributed by atoms with Gasteiger partial charge in [-0.3, -0.25) is 9.59 Å². The highest BCUT2D eigenvalue weighted by Crippen LogP contribution is 2.40. The number of carbonyl (C=O) groups is 2. The fourth-order valence-corrected chi connectivity index (χ4v) is 10.3. The minimum atomic E-state index is -0.949. The number of hydrogen-bond acceptors (Lipinski definition) is 10. The summed E-state index contributed by atoms with van der Waals surface area (Å²) in [6, 6.07) is 18.4. The summed E-state index contributed by atoms with van der Waals surface area (Å²) in [5.41, 5.74) is 10.0. The highest BCUT2D eigenvalue weighted by Gasteiger charge is 2.37. The number of aliphatic hydroxyl groups excluding tert-OH is 3. The van der Waals surface area contributed by atoms with E-state index in [2.05, 4.69) is 58.9 Å². The van der Waals surface area contributed by atoms with Crippen LogP contribution in [0.15, 0.2) is 78.1 Å². The molecule has 9 unspecified atom stereocenters. The number of hydrogen-bond donors (Lipinski definition) is 7. The molecule has 320 valence electrons. The Morgan fingerprint density at radius 1 is 0.967 bits per heavy atom. The van der Waals surface area contributed by atoms with Crippen molar-refractivity contribution in [3.05, 3.63) is 94.8 Å². The van der Waals surface area contributed by atoms with Crippen molar-refractivity contribution in [3.8, 4) is 23.3 Å². The monoisotopic (exact) mass is 817 g/mol. The van der Waals surface area contributed by atoms with E-state index in [1.165, 1.54) is 7.11 Å². The summed E-state index contributed by atoms with van der Waals surface area (Å²) >= 11 is 0. The number of methoxy groups -OCH3 is 1. The second-order valence-electron chi connectivity index (χ2n) is 17.6. The van der Waals surface area contributed by atoms with Crippen LogP contribution in [0, 0.1) is 35.5 Å². The van der Waals surface area contributed by atoms with Gasteiger partial charge in [0.25, 0.3) is 0 Å². The topological polar surface area (TPSA) is 174 Å². The van der Waals surface area contributed by atoms with E-state index in [1.807, 2.05) is 18.2 Å². The molecule has 3 aromatic rings. The Morgan fingerprint density at radius 3 is 2.60 bits per heavy atom. The number of aliphatic hydroxyl groups is 3. The van der Waals surface area contributed by atoms with Crippen molar-refractivity contribution in [3.63, 3.8) is 0 Å². The maximum absolute atomic E-state index is 13.8. The van der Waals surface area contributed by atoms with Gasteiger partial charge in [-0.05, 0) is 133 Å². The van der Waals surface area contributed by atoms with Crippen molar-refractivity contribution in [2.45, 2.75) is 114 Å². The number of phenolic OH excluding ortho intramolecular Hbond substituents is 1. The predicted molar refractivity (Wildman–Crippen MR) is 234 cm³/mol. The SMILES string of the molecule is COc1cc2c(cc1O)C(CCC(O)CC(C1=CCNC(N)=C1)c1ccc3ccccc3c1)C#CC(C(O)CCCC(CCO)C1CNC3CC(=O)CCC3C1)C(=O)CC2. The number of rotatable bonds is 16. The first kappa shape index (κ1) is 43.4. The summed E-state index contributed by atoms with van der Waals surface area (Å²) in [4.78, 5) is 25.8. The van der Waals surface area contributed by atoms with E-state index >= 15 is 0 Å². The number of allylic oxidation sites excluding steroid dienone is 2. The minimum Gasteiger partial charge on any atom is -0.504 e. The van der Waals surface area contributed by atoms with Crippen molar-refractivity contribution in [1.29, 1.82) is 0 Å². The van der Waals surface area contributed by atoms with E-state index in [1.54, 1.807) is 12.1 Å². The van der Waals surface area contributed by atoms with Gasteiger partial charge in [-0.25, -0.2) is 0 Å². The Morgan fingerprint density at radius 2 is 1.80 bits per heavy atom. The van der Waals surface area contributed by atoms with E-state index in [0.29, 0.717) is 93.5 Å². The molecule has 2 fully saturated rings. The van der Waals surface area contributed by atoms with E-state index < -0.39 is 24.0 Å². The van der Waals surface area contributed by atoms with Crippen LogP contribution in [-0.4, -0.2) is 77.0 Å². The molecule has 0 amide bonds. The molecule has 8 N–H and O–H groups in total. The predicted octanol–water partition coefficient (Wildman–Crippen LogP) is 6.29. The zero-order chi connectivity index (χ0) is 42.2. The first-order valence-electron chi connectivity index (χ1n) is 22.2. The second kappa shape index (κ2) is 20.3. The molecule has 1 saturated heterocycles. The number of carbonyl (C=O) groups excluding carboxylic acids is 2. The number of aryl methyl sites for hydroxylation is 1. The molecule has 0 spiro atoms. The molecule has 2 aliphatic heterocycles. The third-order valence-corrected chi connectivity index (χ3v) is 13.7. The first-order valence-corrected chi connectivity index (χ1v) is 22.2. The highest BCUT2D eigenvalue weighted by molar-refractivity contribution is 5.85. The van der Waals surface area contributed by atoms with Crippen molar-refractivity contribution in [2.24, 2.45) is 29.4 Å². The highest BCUT2D eigenvalue weighted by atomic mass is 16.5. The van der Waals surface area contributed by atoms with Crippen LogP contribution < -0.4 is 21.1 Å². The number of ketones is 2. The Bertz CT molecular complexity index is 2120.